The third kappa shape index (κ3) is 3.70. The maximum absolute atomic E-state index is 9.28. The smallest absolute Gasteiger partial charge is 0.128 e. The molecule has 2 nitrogen and oxygen atoms in total. The molecule has 0 heterocycles. The largest absolute Gasteiger partial charge is 0.489 e. The molecular formula is C17H18O2. The van der Waals surface area contributed by atoms with Crippen molar-refractivity contribution in [3.05, 3.63) is 71.3 Å². The molecule has 2 aromatic carbocycles. The maximum Gasteiger partial charge on any atom is 0.128 e. The van der Waals surface area contributed by atoms with Crippen molar-refractivity contribution in [3.8, 4) is 5.75 Å². The third-order valence-electron chi connectivity index (χ3n) is 2.90. The first-order valence-corrected chi connectivity index (χ1v) is 6.35. The zero-order chi connectivity index (χ0) is 13.5. The zero-order valence-electron chi connectivity index (χ0n) is 11.0. The molecule has 1 N–H and O–H groups in total. The molecule has 2 aromatic rings. The fourth-order valence-corrected chi connectivity index (χ4v) is 1.92. The Bertz CT molecular complexity index is 544. The van der Waals surface area contributed by atoms with Gasteiger partial charge in [-0.3, -0.25) is 0 Å². The van der Waals surface area contributed by atoms with Crippen molar-refractivity contribution >= 4 is 6.08 Å². The molecule has 0 aliphatic rings. The highest BCUT2D eigenvalue weighted by Crippen LogP contribution is 2.23. The fraction of sp³-hybridized carbons (Fsp3) is 0.176. The molecule has 0 unspecified atom stereocenters. The highest BCUT2D eigenvalue weighted by molar-refractivity contribution is 5.49. The Morgan fingerprint density at radius 1 is 1.05 bits per heavy atom. The van der Waals surface area contributed by atoms with Crippen LogP contribution >= 0.6 is 0 Å². The second-order valence-electron chi connectivity index (χ2n) is 4.35. The van der Waals surface area contributed by atoms with Crippen molar-refractivity contribution < 1.29 is 9.84 Å². The Kier molecular flexibility index (Phi) is 4.76. The van der Waals surface area contributed by atoms with E-state index in [0.717, 1.165) is 22.4 Å². The summed E-state index contributed by atoms with van der Waals surface area (Å²) in [6.07, 6.45) is 4.00. The molecule has 0 amide bonds. The van der Waals surface area contributed by atoms with Gasteiger partial charge in [-0.05, 0) is 24.1 Å². The Morgan fingerprint density at radius 3 is 2.58 bits per heavy atom. The van der Waals surface area contributed by atoms with Gasteiger partial charge in [-0.15, -0.1) is 0 Å². The van der Waals surface area contributed by atoms with Gasteiger partial charge in [0.1, 0.15) is 12.4 Å². The number of aliphatic hydroxyl groups excluding tert-OH is 1. The topological polar surface area (TPSA) is 29.5 Å². The predicted octanol–water partition coefficient (Wildman–Crippen LogP) is 3.58. The molecule has 0 bridgehead atoms. The van der Waals surface area contributed by atoms with Crippen LogP contribution in [0, 0.1) is 6.92 Å². The van der Waals surface area contributed by atoms with Crippen LogP contribution in [-0.2, 0) is 6.61 Å². The van der Waals surface area contributed by atoms with Crippen LogP contribution in [0.2, 0.25) is 0 Å². The van der Waals surface area contributed by atoms with Gasteiger partial charge >= 0.3 is 0 Å². The first-order chi connectivity index (χ1) is 9.31. The molecule has 0 spiro atoms. The number of aryl methyl sites for hydroxylation is 1. The third-order valence-corrected chi connectivity index (χ3v) is 2.90. The minimum absolute atomic E-state index is 0.000582. The van der Waals surface area contributed by atoms with Gasteiger partial charge in [0, 0.05) is 5.56 Å². The molecule has 0 aliphatic heterocycles. The molecule has 0 fully saturated rings. The summed E-state index contributed by atoms with van der Waals surface area (Å²) in [7, 11) is 0. The lowest BCUT2D eigenvalue weighted by Crippen LogP contribution is -1.99. The van der Waals surface area contributed by atoms with Gasteiger partial charge in [0.05, 0.1) is 6.61 Å². The van der Waals surface area contributed by atoms with Crippen LogP contribution in [0.1, 0.15) is 16.7 Å². The molecule has 0 radical (unpaired) electrons. The fourth-order valence-electron chi connectivity index (χ4n) is 1.92. The van der Waals surface area contributed by atoms with E-state index in [2.05, 4.69) is 0 Å². The van der Waals surface area contributed by atoms with Crippen LogP contribution in [0.5, 0.6) is 5.75 Å². The second kappa shape index (κ2) is 6.76. The molecule has 19 heavy (non-hydrogen) atoms. The molecule has 2 heteroatoms. The van der Waals surface area contributed by atoms with E-state index in [1.54, 1.807) is 0 Å². The molecule has 0 saturated carbocycles. The van der Waals surface area contributed by atoms with Crippen LogP contribution in [-0.4, -0.2) is 11.7 Å². The van der Waals surface area contributed by atoms with E-state index < -0.39 is 0 Å². The van der Waals surface area contributed by atoms with E-state index in [0.29, 0.717) is 6.61 Å². The summed E-state index contributed by atoms with van der Waals surface area (Å²) in [5, 5.41) is 9.28. The van der Waals surface area contributed by atoms with Gasteiger partial charge in [-0.1, -0.05) is 54.6 Å². The summed E-state index contributed by atoms with van der Waals surface area (Å²) in [5.74, 6) is 0.780. The van der Waals surface area contributed by atoms with Crippen molar-refractivity contribution in [1.82, 2.24) is 0 Å². The van der Waals surface area contributed by atoms with E-state index >= 15 is 0 Å². The van der Waals surface area contributed by atoms with Crippen molar-refractivity contribution in [1.29, 1.82) is 0 Å². The molecule has 0 saturated heterocycles. The quantitative estimate of drug-likeness (QED) is 0.883. The van der Waals surface area contributed by atoms with Crippen LogP contribution in [0.25, 0.3) is 6.08 Å². The summed E-state index contributed by atoms with van der Waals surface area (Å²) in [4.78, 5) is 0. The minimum Gasteiger partial charge on any atom is -0.489 e. The molecule has 2 rings (SSSR count). The van der Waals surface area contributed by atoms with Gasteiger partial charge in [0.15, 0.2) is 0 Å². The van der Waals surface area contributed by atoms with E-state index in [4.69, 9.17) is 4.74 Å². The number of benzene rings is 2. The Hall–Kier alpha value is -2.06. The summed E-state index contributed by atoms with van der Waals surface area (Å²) in [6, 6.07) is 15.9. The normalized spacial score (nSPS) is 10.8. The van der Waals surface area contributed by atoms with E-state index in [-0.39, 0.29) is 6.61 Å². The van der Waals surface area contributed by atoms with Gasteiger partial charge in [-0.2, -0.15) is 0 Å². The maximum atomic E-state index is 9.28. The molecule has 0 aromatic heterocycles. The number of para-hydroxylation sites is 1. The average Bonchev–Trinajstić information content (AvgIpc) is 2.46. The lowest BCUT2D eigenvalue weighted by Gasteiger charge is -2.11. The molecular weight excluding hydrogens is 236 g/mol. The highest BCUT2D eigenvalue weighted by Gasteiger charge is 2.04. The van der Waals surface area contributed by atoms with Crippen molar-refractivity contribution in [2.75, 3.05) is 6.61 Å². The van der Waals surface area contributed by atoms with Gasteiger partial charge < -0.3 is 9.84 Å². The van der Waals surface area contributed by atoms with Gasteiger partial charge in [0.25, 0.3) is 0 Å². The van der Waals surface area contributed by atoms with Crippen molar-refractivity contribution in [3.63, 3.8) is 0 Å². The van der Waals surface area contributed by atoms with Gasteiger partial charge in [-0.25, -0.2) is 0 Å². The van der Waals surface area contributed by atoms with Crippen LogP contribution < -0.4 is 4.74 Å². The monoisotopic (exact) mass is 254 g/mol. The molecule has 0 aliphatic carbocycles. The average molecular weight is 254 g/mol. The van der Waals surface area contributed by atoms with Gasteiger partial charge in [0.2, 0.25) is 0 Å². The second-order valence-corrected chi connectivity index (χ2v) is 4.35. The number of aliphatic hydroxyl groups is 1. The SMILES string of the molecule is Cc1cccc(CO)c1OC/C=C/c1ccccc1. The summed E-state index contributed by atoms with van der Waals surface area (Å²) in [5.41, 5.74) is 3.02. The first-order valence-electron chi connectivity index (χ1n) is 6.35. The highest BCUT2D eigenvalue weighted by atomic mass is 16.5. The van der Waals surface area contributed by atoms with Crippen molar-refractivity contribution in [2.45, 2.75) is 13.5 Å². The van der Waals surface area contributed by atoms with E-state index in [9.17, 15) is 5.11 Å². The predicted molar refractivity (Wildman–Crippen MR) is 78.1 cm³/mol. The number of ether oxygens (including phenoxy) is 1. The molecule has 0 atom stereocenters. The van der Waals surface area contributed by atoms with Crippen LogP contribution in [0.4, 0.5) is 0 Å². The Labute approximate surface area is 114 Å². The zero-order valence-corrected chi connectivity index (χ0v) is 11.0. The minimum atomic E-state index is -0.000582. The summed E-state index contributed by atoms with van der Waals surface area (Å²) in [6.45, 7) is 2.47. The Balaban J connectivity index is 1.98. The Morgan fingerprint density at radius 2 is 1.84 bits per heavy atom. The summed E-state index contributed by atoms with van der Waals surface area (Å²) < 4.78 is 5.73. The number of hydrogen-bond acceptors (Lipinski definition) is 2. The lowest BCUT2D eigenvalue weighted by atomic mass is 10.1. The summed E-state index contributed by atoms with van der Waals surface area (Å²) >= 11 is 0. The van der Waals surface area contributed by atoms with Crippen LogP contribution in [0.15, 0.2) is 54.6 Å². The van der Waals surface area contributed by atoms with Crippen molar-refractivity contribution in [2.24, 2.45) is 0 Å². The molecule has 98 valence electrons. The number of hydrogen-bond donors (Lipinski definition) is 1. The first kappa shape index (κ1) is 13.4. The lowest BCUT2D eigenvalue weighted by molar-refractivity contribution is 0.269. The van der Waals surface area contributed by atoms with E-state index in [1.807, 2.05) is 67.6 Å². The standard InChI is InChI=1S/C17H18O2/c1-14-7-5-11-16(13-18)17(14)19-12-6-10-15-8-3-2-4-9-15/h2-11,18H,12-13H2,1H3/b10-6+. The number of rotatable bonds is 5. The van der Waals surface area contributed by atoms with E-state index in [1.165, 1.54) is 0 Å². The van der Waals surface area contributed by atoms with Crippen LogP contribution in [0.3, 0.4) is 0 Å².